The fourth-order valence-corrected chi connectivity index (χ4v) is 7.56. The lowest BCUT2D eigenvalue weighted by atomic mass is 10.1. The van der Waals surface area contributed by atoms with Crippen LogP contribution in [-0.4, -0.2) is 49.0 Å². The van der Waals surface area contributed by atoms with Crippen LogP contribution in [-0.2, 0) is 21.1 Å². The zero-order valence-corrected chi connectivity index (χ0v) is 19.0. The Balaban J connectivity index is 1.66. The third-order valence-corrected chi connectivity index (χ3v) is 8.67. The first-order chi connectivity index (χ1) is 14.8. The first-order valence-corrected chi connectivity index (χ1v) is 12.8. The van der Waals surface area contributed by atoms with E-state index in [4.69, 9.17) is 16.3 Å². The van der Waals surface area contributed by atoms with E-state index in [1.165, 1.54) is 23.9 Å². The minimum atomic E-state index is -3.07. The van der Waals surface area contributed by atoms with E-state index in [-0.39, 0.29) is 29.4 Å². The Kier molecular flexibility index (Phi) is 6.27. The number of hydrogen-bond donors (Lipinski definition) is 0. The van der Waals surface area contributed by atoms with E-state index in [0.717, 1.165) is 5.69 Å². The van der Waals surface area contributed by atoms with Crippen molar-refractivity contribution in [3.8, 4) is 0 Å². The molecule has 1 saturated heterocycles. The van der Waals surface area contributed by atoms with Gasteiger partial charge in [0.1, 0.15) is 5.82 Å². The third-order valence-electron chi connectivity index (χ3n) is 5.07. The van der Waals surface area contributed by atoms with Crippen LogP contribution in [0.4, 0.5) is 10.1 Å². The molecule has 0 unspecified atom stereocenters. The van der Waals surface area contributed by atoms with Gasteiger partial charge >= 0.3 is 5.97 Å². The summed E-state index contributed by atoms with van der Waals surface area (Å²) in [5.74, 6) is -0.690. The summed E-state index contributed by atoms with van der Waals surface area (Å²) in [5.41, 5.74) is 1.88. The number of thioether (sulfide) groups is 1. The summed E-state index contributed by atoms with van der Waals surface area (Å²) in [6, 6.07) is 10.8. The number of halogens is 2. The number of hydrogen-bond acceptors (Lipinski definition) is 7. The summed E-state index contributed by atoms with van der Waals surface area (Å²) in [4.78, 5) is 18.5. The molecule has 2 aromatic rings. The van der Waals surface area contributed by atoms with Crippen LogP contribution in [0, 0.1) is 5.82 Å². The van der Waals surface area contributed by atoms with Crippen molar-refractivity contribution in [2.24, 2.45) is 4.99 Å². The number of carbonyl (C=O) groups excluding carboxylic acids is 1. The molecule has 2 atom stereocenters. The molecule has 2 aliphatic rings. The fourth-order valence-electron chi connectivity index (χ4n) is 3.55. The first kappa shape index (κ1) is 22.1. The Morgan fingerprint density at radius 1 is 1.26 bits per heavy atom. The summed E-state index contributed by atoms with van der Waals surface area (Å²) >= 11 is 7.67. The van der Waals surface area contributed by atoms with Crippen molar-refractivity contribution in [3.63, 3.8) is 0 Å². The Hall–Kier alpha value is -2.10. The number of anilines is 1. The number of esters is 1. The number of benzene rings is 2. The average Bonchev–Trinajstić information content (AvgIpc) is 3.21. The molecule has 4 rings (SSSR count). The van der Waals surface area contributed by atoms with E-state index < -0.39 is 21.6 Å². The zero-order valence-electron chi connectivity index (χ0n) is 16.6. The molecule has 1 fully saturated rings. The predicted octanol–water partition coefficient (Wildman–Crippen LogP) is 3.93. The average molecular weight is 483 g/mol. The topological polar surface area (TPSA) is 76.0 Å². The molecule has 0 spiro atoms. The highest BCUT2D eigenvalue weighted by atomic mass is 35.5. The standard InChI is InChI=1S/C21H20ClFN2O4S2/c1-2-29-20(26)13-4-7-16(8-5-13)25(10-14-3-6-15(23)9-17(14)22)21-24-18-11-31(27,28)12-19(18)30-21/h3-9,18-19H,2,10-12H2,1H3/t18-,19-/m1/s1. The van der Waals surface area contributed by atoms with Crippen LogP contribution >= 0.6 is 23.4 Å². The quantitative estimate of drug-likeness (QED) is 0.601. The lowest BCUT2D eigenvalue weighted by molar-refractivity contribution is 0.0526. The van der Waals surface area contributed by atoms with Gasteiger partial charge in [0.05, 0.1) is 36.3 Å². The maximum absolute atomic E-state index is 13.5. The van der Waals surface area contributed by atoms with Crippen LogP contribution < -0.4 is 4.90 Å². The first-order valence-electron chi connectivity index (χ1n) is 9.69. The molecule has 31 heavy (non-hydrogen) atoms. The maximum Gasteiger partial charge on any atom is 0.338 e. The summed E-state index contributed by atoms with van der Waals surface area (Å²) in [7, 11) is -3.07. The van der Waals surface area contributed by atoms with Crippen molar-refractivity contribution in [2.75, 3.05) is 23.0 Å². The van der Waals surface area contributed by atoms with Gasteiger partial charge in [-0.25, -0.2) is 17.6 Å². The summed E-state index contributed by atoms with van der Waals surface area (Å²) in [6.45, 7) is 2.35. The van der Waals surface area contributed by atoms with Gasteiger partial charge in [-0.1, -0.05) is 29.4 Å². The van der Waals surface area contributed by atoms with E-state index >= 15 is 0 Å². The minimum absolute atomic E-state index is 0.0428. The maximum atomic E-state index is 13.5. The van der Waals surface area contributed by atoms with E-state index in [1.807, 2.05) is 4.90 Å². The molecule has 0 aliphatic carbocycles. The summed E-state index contributed by atoms with van der Waals surface area (Å²) in [6.07, 6.45) is 0. The lowest BCUT2D eigenvalue weighted by Crippen LogP contribution is -2.28. The van der Waals surface area contributed by atoms with Crippen molar-refractivity contribution in [3.05, 3.63) is 64.4 Å². The molecular weight excluding hydrogens is 463 g/mol. The normalized spacial score (nSPS) is 21.5. The fraction of sp³-hybridized carbons (Fsp3) is 0.333. The van der Waals surface area contributed by atoms with Crippen molar-refractivity contribution in [1.82, 2.24) is 0 Å². The van der Waals surface area contributed by atoms with Gasteiger partial charge in [-0.15, -0.1) is 0 Å². The highest BCUT2D eigenvalue weighted by Gasteiger charge is 2.44. The number of carbonyl (C=O) groups is 1. The van der Waals surface area contributed by atoms with Crippen LogP contribution in [0.1, 0.15) is 22.8 Å². The van der Waals surface area contributed by atoms with Crippen LogP contribution in [0.15, 0.2) is 47.5 Å². The number of fused-ring (bicyclic) bond motifs is 1. The van der Waals surface area contributed by atoms with Gasteiger partial charge in [0, 0.05) is 16.0 Å². The molecule has 10 heteroatoms. The van der Waals surface area contributed by atoms with Gasteiger partial charge in [0.15, 0.2) is 15.0 Å². The van der Waals surface area contributed by atoms with Crippen LogP contribution in [0.5, 0.6) is 0 Å². The molecule has 2 heterocycles. The van der Waals surface area contributed by atoms with Crippen LogP contribution in [0.25, 0.3) is 0 Å². The molecule has 0 N–H and O–H groups in total. The minimum Gasteiger partial charge on any atom is -0.462 e. The van der Waals surface area contributed by atoms with Gasteiger partial charge in [-0.05, 0) is 48.9 Å². The zero-order chi connectivity index (χ0) is 22.2. The molecule has 164 valence electrons. The second-order valence-corrected chi connectivity index (χ2v) is 11.1. The number of amidine groups is 1. The number of rotatable bonds is 5. The van der Waals surface area contributed by atoms with Gasteiger partial charge in [-0.2, -0.15) is 0 Å². The number of sulfone groups is 1. The van der Waals surface area contributed by atoms with Crippen LogP contribution in [0.2, 0.25) is 5.02 Å². The van der Waals surface area contributed by atoms with E-state index in [9.17, 15) is 17.6 Å². The molecular formula is C21H20ClFN2O4S2. The highest BCUT2D eigenvalue weighted by molar-refractivity contribution is 8.15. The summed E-state index contributed by atoms with van der Waals surface area (Å²) < 4.78 is 42.4. The lowest BCUT2D eigenvalue weighted by Gasteiger charge is -2.25. The number of aliphatic imine (C=N–C) groups is 1. The van der Waals surface area contributed by atoms with Gasteiger partial charge in [0.25, 0.3) is 0 Å². The van der Waals surface area contributed by atoms with Crippen molar-refractivity contribution < 1.29 is 22.3 Å². The largest absolute Gasteiger partial charge is 0.462 e. The smallest absolute Gasteiger partial charge is 0.338 e. The van der Waals surface area contributed by atoms with Crippen LogP contribution in [0.3, 0.4) is 0 Å². The molecule has 0 saturated carbocycles. The molecule has 2 aliphatic heterocycles. The second-order valence-electron chi connectivity index (χ2n) is 7.30. The Bertz CT molecular complexity index is 1140. The third kappa shape index (κ3) is 4.88. The Morgan fingerprint density at radius 3 is 2.65 bits per heavy atom. The Morgan fingerprint density at radius 2 is 2.00 bits per heavy atom. The van der Waals surface area contributed by atoms with Crippen molar-refractivity contribution >= 4 is 50.0 Å². The monoisotopic (exact) mass is 482 g/mol. The SMILES string of the molecule is CCOC(=O)c1ccc(N(Cc2ccc(F)cc2Cl)C2=N[C@@H]3CS(=O)(=O)C[C@H]3S2)cc1. The molecule has 0 amide bonds. The number of nitrogens with zero attached hydrogens (tertiary/aromatic N) is 2. The van der Waals surface area contributed by atoms with E-state index in [1.54, 1.807) is 37.3 Å². The van der Waals surface area contributed by atoms with Gasteiger partial charge in [-0.3, -0.25) is 4.99 Å². The molecule has 0 bridgehead atoms. The van der Waals surface area contributed by atoms with Gasteiger partial charge in [0.2, 0.25) is 0 Å². The van der Waals surface area contributed by atoms with Crippen molar-refractivity contribution in [1.29, 1.82) is 0 Å². The van der Waals surface area contributed by atoms with Gasteiger partial charge < -0.3 is 9.64 Å². The summed E-state index contributed by atoms with van der Waals surface area (Å²) in [5, 5.41) is 0.846. The molecule has 6 nitrogen and oxygen atoms in total. The molecule has 2 aromatic carbocycles. The van der Waals surface area contributed by atoms with E-state index in [0.29, 0.717) is 27.9 Å². The number of ether oxygens (including phenoxy) is 1. The van der Waals surface area contributed by atoms with E-state index in [2.05, 4.69) is 4.99 Å². The molecule has 0 aromatic heterocycles. The second kappa shape index (κ2) is 8.80. The Labute approximate surface area is 189 Å². The molecule has 0 radical (unpaired) electrons. The highest BCUT2D eigenvalue weighted by Crippen LogP contribution is 2.38. The predicted molar refractivity (Wildman–Crippen MR) is 121 cm³/mol. The van der Waals surface area contributed by atoms with Crippen molar-refractivity contribution in [2.45, 2.75) is 24.8 Å².